The molecule has 3 atom stereocenters. The van der Waals surface area contributed by atoms with Crippen molar-refractivity contribution in [2.24, 2.45) is 11.8 Å². The highest BCUT2D eigenvalue weighted by Crippen LogP contribution is 2.56. The maximum atomic E-state index is 13.3. The van der Waals surface area contributed by atoms with E-state index in [1.54, 1.807) is 0 Å². The number of alkyl halides is 6. The Morgan fingerprint density at radius 3 is 2.32 bits per heavy atom. The predicted molar refractivity (Wildman–Crippen MR) is 97.2 cm³/mol. The first-order valence-corrected chi connectivity index (χ1v) is 10.0. The number of ether oxygens (including phenoxy) is 1. The topological polar surface area (TPSA) is 43.2 Å². The second kappa shape index (κ2) is 6.93. The molecular weight excluding hydrogens is 426 g/mol. The summed E-state index contributed by atoms with van der Waals surface area (Å²) in [6.07, 6.45) is -7.63. The smallest absolute Gasteiger partial charge is 0.378 e. The van der Waals surface area contributed by atoms with Crippen molar-refractivity contribution in [3.05, 3.63) is 35.5 Å². The predicted octanol–water partition coefficient (Wildman–Crippen LogP) is 3.88. The molecule has 0 amide bonds. The Hall–Kier alpha value is -2.14. The highest BCUT2D eigenvalue weighted by atomic mass is 19.4. The van der Waals surface area contributed by atoms with Gasteiger partial charge in [-0.05, 0) is 24.8 Å². The molecule has 5 nitrogen and oxygen atoms in total. The van der Waals surface area contributed by atoms with E-state index in [2.05, 4.69) is 14.9 Å². The van der Waals surface area contributed by atoms with Gasteiger partial charge >= 0.3 is 12.4 Å². The summed E-state index contributed by atoms with van der Waals surface area (Å²) in [5, 5.41) is 0. The minimum absolute atomic E-state index is 0.0548. The number of piperidine rings is 1. The Morgan fingerprint density at radius 1 is 1.10 bits per heavy atom. The molecule has 2 aromatic heterocycles. The Bertz CT molecular complexity index is 985. The molecular formula is C20H20F6N4O. The summed E-state index contributed by atoms with van der Waals surface area (Å²) in [6, 6.07) is 1.16. The number of fused-ring (bicyclic) bond motifs is 1. The van der Waals surface area contributed by atoms with Crippen LogP contribution in [0.1, 0.15) is 23.1 Å². The van der Waals surface area contributed by atoms with E-state index in [1.807, 2.05) is 0 Å². The summed E-state index contributed by atoms with van der Waals surface area (Å²) in [4.78, 5) is 10.2. The molecule has 1 saturated carbocycles. The van der Waals surface area contributed by atoms with E-state index in [4.69, 9.17) is 4.74 Å². The summed E-state index contributed by atoms with van der Waals surface area (Å²) in [5.74, 6) is 0.266. The summed E-state index contributed by atoms with van der Waals surface area (Å²) >= 11 is 0. The van der Waals surface area contributed by atoms with Crippen LogP contribution in [-0.4, -0.2) is 58.0 Å². The Balaban J connectivity index is 1.45. The quantitative estimate of drug-likeness (QED) is 0.669. The lowest BCUT2D eigenvalue weighted by molar-refractivity contribution is -0.138. The molecule has 0 radical (unpaired) electrons. The van der Waals surface area contributed by atoms with Gasteiger partial charge in [-0.25, -0.2) is 4.98 Å². The van der Waals surface area contributed by atoms with Crippen LogP contribution in [-0.2, 0) is 17.3 Å². The highest BCUT2D eigenvalue weighted by molar-refractivity contribution is 5.59. The van der Waals surface area contributed by atoms with Gasteiger partial charge in [-0.3, -0.25) is 9.88 Å². The van der Waals surface area contributed by atoms with Gasteiger partial charge in [-0.1, -0.05) is 0 Å². The molecule has 0 N–H and O–H groups in total. The van der Waals surface area contributed by atoms with Gasteiger partial charge in [0.05, 0.1) is 30.5 Å². The minimum Gasteiger partial charge on any atom is -0.378 e. The van der Waals surface area contributed by atoms with Gasteiger partial charge in [0.15, 0.2) is 0 Å². The molecule has 1 unspecified atom stereocenters. The zero-order valence-electron chi connectivity index (χ0n) is 16.5. The number of hydrogen-bond donors (Lipinski definition) is 0. The maximum absolute atomic E-state index is 13.3. The molecule has 11 heteroatoms. The third-order valence-corrected chi connectivity index (χ3v) is 6.49. The zero-order chi connectivity index (χ0) is 22.1. The fourth-order valence-corrected chi connectivity index (χ4v) is 4.77. The van der Waals surface area contributed by atoms with Gasteiger partial charge in [0.1, 0.15) is 12.2 Å². The van der Waals surface area contributed by atoms with Crippen molar-refractivity contribution in [2.45, 2.75) is 37.8 Å². The van der Waals surface area contributed by atoms with Crippen LogP contribution in [0.3, 0.4) is 0 Å². The van der Waals surface area contributed by atoms with Crippen molar-refractivity contribution in [1.82, 2.24) is 19.4 Å². The summed E-state index contributed by atoms with van der Waals surface area (Å²) < 4.78 is 86.0. The first kappa shape index (κ1) is 20.7. The molecule has 3 aliphatic rings. The number of likely N-dealkylation sites (tertiary alicyclic amines) is 1. The van der Waals surface area contributed by atoms with Crippen LogP contribution < -0.4 is 0 Å². The average molecular weight is 446 g/mol. The van der Waals surface area contributed by atoms with Crippen LogP contribution in [0, 0.1) is 18.8 Å². The molecule has 0 spiro atoms. The maximum Gasteiger partial charge on any atom is 0.418 e. The van der Waals surface area contributed by atoms with E-state index >= 15 is 0 Å². The lowest BCUT2D eigenvalue weighted by Gasteiger charge is -2.36. The third kappa shape index (κ3) is 3.82. The lowest BCUT2D eigenvalue weighted by atomic mass is 10.1. The highest BCUT2D eigenvalue weighted by Gasteiger charge is 2.58. The van der Waals surface area contributed by atoms with E-state index in [0.717, 1.165) is 19.2 Å². The minimum atomic E-state index is -4.60. The number of rotatable bonds is 4. The molecule has 2 aliphatic heterocycles. The number of nitrogens with zero attached hydrogens (tertiary/aromatic N) is 4. The molecule has 3 fully saturated rings. The molecule has 4 heterocycles. The zero-order valence-corrected chi connectivity index (χ0v) is 16.5. The first-order chi connectivity index (χ1) is 14.5. The van der Waals surface area contributed by atoms with Crippen LogP contribution in [0.25, 0.3) is 11.3 Å². The normalized spacial score (nSPS) is 26.7. The standard InChI is InChI=1S/C20H20F6N4O/c1-10-15(20(24,25)26)2-11(4-27-10)16-7-30(17(28-16)3-19(21,22)23)18-13-5-29(6-14(13)18)12-8-31-9-12/h2,4,7,12-14,18H,3,5-6,8-9H2,1H3/t13-,14+,18?. The van der Waals surface area contributed by atoms with Gasteiger partial charge < -0.3 is 9.30 Å². The van der Waals surface area contributed by atoms with Crippen molar-refractivity contribution >= 4 is 0 Å². The number of halogens is 6. The molecule has 2 saturated heterocycles. The van der Waals surface area contributed by atoms with Gasteiger partial charge in [-0.15, -0.1) is 0 Å². The third-order valence-electron chi connectivity index (χ3n) is 6.49. The summed E-state index contributed by atoms with van der Waals surface area (Å²) in [7, 11) is 0. The number of aromatic nitrogens is 3. The number of hydrogen-bond acceptors (Lipinski definition) is 4. The van der Waals surface area contributed by atoms with E-state index in [-0.39, 0.29) is 40.7 Å². The van der Waals surface area contributed by atoms with E-state index < -0.39 is 24.3 Å². The first-order valence-electron chi connectivity index (χ1n) is 10.0. The number of imidazole rings is 1. The van der Waals surface area contributed by atoms with E-state index in [1.165, 1.54) is 23.9 Å². The van der Waals surface area contributed by atoms with E-state index in [9.17, 15) is 26.3 Å². The fourth-order valence-electron chi connectivity index (χ4n) is 4.77. The van der Waals surface area contributed by atoms with Crippen molar-refractivity contribution < 1.29 is 31.1 Å². The van der Waals surface area contributed by atoms with Crippen LogP contribution in [0.15, 0.2) is 18.5 Å². The average Bonchev–Trinajstić information content (AvgIpc) is 2.94. The van der Waals surface area contributed by atoms with Gasteiger partial charge in [0, 0.05) is 42.8 Å². The molecule has 0 aromatic carbocycles. The molecule has 5 rings (SSSR count). The monoisotopic (exact) mass is 446 g/mol. The van der Waals surface area contributed by atoms with Gasteiger partial charge in [-0.2, -0.15) is 26.3 Å². The van der Waals surface area contributed by atoms with Crippen LogP contribution in [0.4, 0.5) is 26.3 Å². The Morgan fingerprint density at radius 2 is 1.77 bits per heavy atom. The lowest BCUT2D eigenvalue weighted by Crippen LogP contribution is -2.49. The van der Waals surface area contributed by atoms with Crippen molar-refractivity contribution in [1.29, 1.82) is 0 Å². The number of aryl methyl sites for hydroxylation is 1. The van der Waals surface area contributed by atoms with Crippen LogP contribution in [0.2, 0.25) is 0 Å². The number of pyridine rings is 1. The van der Waals surface area contributed by atoms with Gasteiger partial charge in [0.2, 0.25) is 0 Å². The molecule has 168 valence electrons. The van der Waals surface area contributed by atoms with Crippen LogP contribution in [0.5, 0.6) is 0 Å². The fraction of sp³-hybridized carbons (Fsp3) is 0.600. The van der Waals surface area contributed by atoms with Crippen molar-refractivity contribution in [3.8, 4) is 11.3 Å². The molecule has 31 heavy (non-hydrogen) atoms. The SMILES string of the molecule is Cc1ncc(-c2cn(C3[C@H]4CN(C5COC5)C[C@@H]34)c(CC(F)(F)F)n2)cc1C(F)(F)F. The second-order valence-corrected chi connectivity index (χ2v) is 8.56. The van der Waals surface area contributed by atoms with Crippen molar-refractivity contribution in [3.63, 3.8) is 0 Å². The molecule has 2 aromatic rings. The second-order valence-electron chi connectivity index (χ2n) is 8.56. The largest absolute Gasteiger partial charge is 0.418 e. The summed E-state index contributed by atoms with van der Waals surface area (Å²) in [6.45, 7) is 4.17. The van der Waals surface area contributed by atoms with Gasteiger partial charge in [0.25, 0.3) is 0 Å². The summed E-state index contributed by atoms with van der Waals surface area (Å²) in [5.41, 5.74) is -0.979. The molecule has 0 bridgehead atoms. The Labute approximate surface area is 174 Å². The molecule has 1 aliphatic carbocycles. The van der Waals surface area contributed by atoms with E-state index in [0.29, 0.717) is 19.3 Å². The Kier molecular flexibility index (Phi) is 4.64. The van der Waals surface area contributed by atoms with Crippen LogP contribution >= 0.6 is 0 Å². The van der Waals surface area contributed by atoms with Crippen molar-refractivity contribution in [2.75, 3.05) is 26.3 Å².